The van der Waals surface area contributed by atoms with Crippen LogP contribution in [0.2, 0.25) is 0 Å². The molecule has 0 fully saturated rings. The molecular weight excluding hydrogens is 298 g/mol. The highest BCUT2D eigenvalue weighted by Gasteiger charge is 2.09. The van der Waals surface area contributed by atoms with E-state index in [1.165, 1.54) is 4.57 Å². The van der Waals surface area contributed by atoms with Gasteiger partial charge in [0.25, 0.3) is 0 Å². The summed E-state index contributed by atoms with van der Waals surface area (Å²) in [6, 6.07) is 8.59. The average Bonchev–Trinajstić information content (AvgIpc) is 2.98. The van der Waals surface area contributed by atoms with Crippen molar-refractivity contribution >= 4 is 22.9 Å². The number of urea groups is 1. The predicted molar refractivity (Wildman–Crippen MR) is 85.4 cm³/mol. The largest absolute Gasteiger partial charge is 0.420 e. The fraction of sp³-hybridized carbons (Fsp3) is 0.267. The van der Waals surface area contributed by atoms with E-state index >= 15 is 0 Å². The number of nitrogens with zero attached hydrogens (tertiary/aromatic N) is 3. The molecule has 3 rings (SSSR count). The molecule has 0 unspecified atom stereocenters. The third kappa shape index (κ3) is 3.10. The average molecular weight is 315 g/mol. The molecule has 0 aliphatic carbocycles. The summed E-state index contributed by atoms with van der Waals surface area (Å²) in [7, 11) is 1.75. The quantitative estimate of drug-likeness (QED) is 0.762. The number of carbonyl (C=O) groups excluding carboxylic acids is 1. The van der Waals surface area contributed by atoms with E-state index in [-0.39, 0.29) is 6.03 Å². The molecule has 2 N–H and O–H groups in total. The van der Waals surface area contributed by atoms with Crippen LogP contribution in [-0.4, -0.2) is 26.9 Å². The van der Waals surface area contributed by atoms with Crippen molar-refractivity contribution < 1.29 is 9.21 Å². The number of aryl methyl sites for hydroxylation is 2. The maximum Gasteiger partial charge on any atom is 0.420 e. The first-order chi connectivity index (χ1) is 11.0. The van der Waals surface area contributed by atoms with Crippen LogP contribution >= 0.6 is 0 Å². The van der Waals surface area contributed by atoms with Crippen LogP contribution in [0.1, 0.15) is 5.69 Å². The minimum absolute atomic E-state index is 0.298. The van der Waals surface area contributed by atoms with Gasteiger partial charge < -0.3 is 9.73 Å². The van der Waals surface area contributed by atoms with Crippen molar-refractivity contribution in [3.05, 3.63) is 46.6 Å². The summed E-state index contributed by atoms with van der Waals surface area (Å²) in [5, 5.41) is 9.55. The minimum atomic E-state index is -0.435. The Labute approximate surface area is 131 Å². The summed E-state index contributed by atoms with van der Waals surface area (Å²) in [5.74, 6) is 0.168. The van der Waals surface area contributed by atoms with Crippen LogP contribution in [0.5, 0.6) is 0 Å². The standard InChI is InChI=1S/C15H17N5O3/c1-10-9-13(19(2)18-10)17-14(21)16-7-8-20-11-5-3-4-6-12(11)23-15(20)22/h3-6,9H,7-8H2,1-2H3,(H2,16,17,21). The van der Waals surface area contributed by atoms with Gasteiger partial charge in [-0.3, -0.25) is 14.6 Å². The molecule has 2 heterocycles. The molecule has 8 heteroatoms. The summed E-state index contributed by atoms with van der Waals surface area (Å²) in [4.78, 5) is 23.7. The Kier molecular flexibility index (Phi) is 3.88. The van der Waals surface area contributed by atoms with Crippen molar-refractivity contribution in [1.82, 2.24) is 19.7 Å². The first-order valence-electron chi connectivity index (χ1n) is 7.18. The number of oxazole rings is 1. The molecule has 0 spiro atoms. The number of para-hydroxylation sites is 2. The number of amides is 2. The smallest absolute Gasteiger partial charge is 0.408 e. The summed E-state index contributed by atoms with van der Waals surface area (Å²) in [6.45, 7) is 2.47. The fourth-order valence-electron chi connectivity index (χ4n) is 2.40. The van der Waals surface area contributed by atoms with Crippen LogP contribution in [0.15, 0.2) is 39.5 Å². The monoisotopic (exact) mass is 315 g/mol. The van der Waals surface area contributed by atoms with E-state index in [1.54, 1.807) is 36.0 Å². The van der Waals surface area contributed by atoms with Crippen molar-refractivity contribution in [2.75, 3.05) is 11.9 Å². The van der Waals surface area contributed by atoms with E-state index < -0.39 is 5.76 Å². The van der Waals surface area contributed by atoms with E-state index in [2.05, 4.69) is 15.7 Å². The number of hydrogen-bond acceptors (Lipinski definition) is 4. The Bertz CT molecular complexity index is 905. The number of aromatic nitrogens is 3. The van der Waals surface area contributed by atoms with Crippen LogP contribution < -0.4 is 16.4 Å². The molecule has 0 aliphatic rings. The molecule has 8 nitrogen and oxygen atoms in total. The van der Waals surface area contributed by atoms with Crippen LogP contribution in [0.3, 0.4) is 0 Å². The zero-order valence-corrected chi connectivity index (χ0v) is 12.9. The van der Waals surface area contributed by atoms with Gasteiger partial charge in [0, 0.05) is 26.2 Å². The number of rotatable bonds is 4. The highest BCUT2D eigenvalue weighted by molar-refractivity contribution is 5.88. The number of nitrogens with one attached hydrogen (secondary N) is 2. The first-order valence-corrected chi connectivity index (χ1v) is 7.18. The Hall–Kier alpha value is -3.03. The van der Waals surface area contributed by atoms with Gasteiger partial charge in [-0.15, -0.1) is 0 Å². The van der Waals surface area contributed by atoms with Crippen molar-refractivity contribution in [1.29, 1.82) is 0 Å². The topological polar surface area (TPSA) is 94.1 Å². The van der Waals surface area contributed by atoms with E-state index in [4.69, 9.17) is 4.42 Å². The summed E-state index contributed by atoms with van der Waals surface area (Å²) in [6.07, 6.45) is 0. The lowest BCUT2D eigenvalue weighted by Gasteiger charge is -2.07. The van der Waals surface area contributed by atoms with Gasteiger partial charge in [0.1, 0.15) is 5.82 Å². The summed E-state index contributed by atoms with van der Waals surface area (Å²) >= 11 is 0. The molecule has 23 heavy (non-hydrogen) atoms. The Morgan fingerprint density at radius 1 is 1.35 bits per heavy atom. The van der Waals surface area contributed by atoms with Gasteiger partial charge in [0.15, 0.2) is 5.58 Å². The minimum Gasteiger partial charge on any atom is -0.408 e. The fourth-order valence-corrected chi connectivity index (χ4v) is 2.40. The number of carbonyl (C=O) groups is 1. The Morgan fingerprint density at radius 3 is 2.87 bits per heavy atom. The molecule has 0 aliphatic heterocycles. The Balaban J connectivity index is 1.60. The third-order valence-electron chi connectivity index (χ3n) is 3.44. The van der Waals surface area contributed by atoms with Crippen molar-refractivity contribution in [2.45, 2.75) is 13.5 Å². The number of fused-ring (bicyclic) bond motifs is 1. The zero-order valence-electron chi connectivity index (χ0n) is 12.9. The lowest BCUT2D eigenvalue weighted by molar-refractivity contribution is 0.251. The van der Waals surface area contributed by atoms with Gasteiger partial charge in [-0.1, -0.05) is 12.1 Å². The second-order valence-electron chi connectivity index (χ2n) is 5.16. The van der Waals surface area contributed by atoms with Gasteiger partial charge >= 0.3 is 11.8 Å². The molecule has 0 bridgehead atoms. The van der Waals surface area contributed by atoms with E-state index in [1.807, 2.05) is 13.0 Å². The molecule has 120 valence electrons. The Morgan fingerprint density at radius 2 is 2.13 bits per heavy atom. The van der Waals surface area contributed by atoms with E-state index in [0.29, 0.717) is 30.0 Å². The van der Waals surface area contributed by atoms with Crippen molar-refractivity contribution in [3.8, 4) is 0 Å². The highest BCUT2D eigenvalue weighted by Crippen LogP contribution is 2.11. The van der Waals surface area contributed by atoms with Crippen LogP contribution in [-0.2, 0) is 13.6 Å². The second-order valence-corrected chi connectivity index (χ2v) is 5.16. The highest BCUT2D eigenvalue weighted by atomic mass is 16.4. The third-order valence-corrected chi connectivity index (χ3v) is 3.44. The second kappa shape index (κ2) is 5.99. The summed E-state index contributed by atoms with van der Waals surface area (Å²) in [5.41, 5.74) is 2.06. The molecule has 2 aromatic heterocycles. The maximum absolute atomic E-state index is 11.9. The number of anilines is 1. The SMILES string of the molecule is Cc1cc(NC(=O)NCCn2c(=O)oc3ccccc32)n(C)n1. The molecule has 3 aromatic rings. The molecule has 0 radical (unpaired) electrons. The van der Waals surface area contributed by atoms with Gasteiger partial charge in [-0.25, -0.2) is 9.59 Å². The van der Waals surface area contributed by atoms with Gasteiger partial charge in [0.2, 0.25) is 0 Å². The van der Waals surface area contributed by atoms with Gasteiger partial charge in [-0.2, -0.15) is 5.10 Å². The number of benzene rings is 1. The lowest BCUT2D eigenvalue weighted by Crippen LogP contribution is -2.33. The van der Waals surface area contributed by atoms with Crippen molar-refractivity contribution in [2.24, 2.45) is 7.05 Å². The van der Waals surface area contributed by atoms with Gasteiger partial charge in [0.05, 0.1) is 11.2 Å². The molecule has 1 aromatic carbocycles. The maximum atomic E-state index is 11.9. The summed E-state index contributed by atoms with van der Waals surface area (Å²) < 4.78 is 8.21. The first kappa shape index (κ1) is 14.9. The zero-order chi connectivity index (χ0) is 16.4. The van der Waals surface area contributed by atoms with E-state index in [0.717, 1.165) is 5.69 Å². The normalized spacial score (nSPS) is 10.9. The van der Waals surface area contributed by atoms with Crippen LogP contribution in [0.25, 0.3) is 11.1 Å². The molecular formula is C15H17N5O3. The lowest BCUT2D eigenvalue weighted by atomic mass is 10.3. The molecule has 0 saturated carbocycles. The molecule has 2 amide bonds. The molecule has 0 atom stereocenters. The van der Waals surface area contributed by atoms with Gasteiger partial charge in [-0.05, 0) is 19.1 Å². The van der Waals surface area contributed by atoms with Crippen LogP contribution in [0, 0.1) is 6.92 Å². The van der Waals surface area contributed by atoms with E-state index in [9.17, 15) is 9.59 Å². The predicted octanol–water partition coefficient (Wildman–Crippen LogP) is 1.46. The van der Waals surface area contributed by atoms with Crippen molar-refractivity contribution in [3.63, 3.8) is 0 Å². The molecule has 0 saturated heterocycles. The van der Waals surface area contributed by atoms with Crippen LogP contribution in [0.4, 0.5) is 10.6 Å². The number of hydrogen-bond donors (Lipinski definition) is 2.